The quantitative estimate of drug-likeness (QED) is 0.646. The topological polar surface area (TPSA) is 63.2 Å². The van der Waals surface area contributed by atoms with E-state index >= 15 is 0 Å². The monoisotopic (exact) mass is 441 g/mol. The van der Waals surface area contributed by atoms with E-state index in [1.807, 2.05) is 19.1 Å². The van der Waals surface area contributed by atoms with Crippen LogP contribution in [0.3, 0.4) is 0 Å². The highest BCUT2D eigenvalue weighted by molar-refractivity contribution is 7.89. The lowest BCUT2D eigenvalue weighted by molar-refractivity contribution is -0.125. The molecule has 0 radical (unpaired) electrons. The summed E-state index contributed by atoms with van der Waals surface area (Å²) in [6.07, 6.45) is 8.81. The molecule has 0 saturated heterocycles. The van der Waals surface area contributed by atoms with Crippen LogP contribution < -0.4 is 4.72 Å². The number of aryl methyl sites for hydroxylation is 1. The number of allylic oxidation sites excluding steroid dienone is 1. The van der Waals surface area contributed by atoms with Crippen LogP contribution in [-0.4, -0.2) is 20.2 Å². The predicted octanol–water partition coefficient (Wildman–Crippen LogP) is 5.32. The summed E-state index contributed by atoms with van der Waals surface area (Å²) in [4.78, 5) is 12.4. The van der Waals surface area contributed by atoms with Crippen LogP contribution in [0, 0.1) is 29.6 Å². The Bertz CT molecular complexity index is 1040. The zero-order valence-electron chi connectivity index (χ0n) is 19.0. The maximum absolute atomic E-state index is 13.0. The first kappa shape index (κ1) is 21.4. The Hall–Kier alpha value is -1.46. The molecule has 4 aliphatic rings. The van der Waals surface area contributed by atoms with Crippen molar-refractivity contribution in [1.82, 2.24) is 4.72 Å². The zero-order valence-corrected chi connectivity index (χ0v) is 19.9. The molecule has 0 aromatic heterocycles. The fourth-order valence-electron chi connectivity index (χ4n) is 7.50. The molecule has 1 aromatic carbocycles. The Morgan fingerprint density at radius 1 is 0.968 bits per heavy atom. The zero-order chi connectivity index (χ0) is 22.0. The molecule has 0 heterocycles. The predicted molar refractivity (Wildman–Crippen MR) is 122 cm³/mol. The minimum absolute atomic E-state index is 0.0354. The van der Waals surface area contributed by atoms with Gasteiger partial charge in [0.2, 0.25) is 10.0 Å². The third-order valence-corrected chi connectivity index (χ3v) is 10.7. The van der Waals surface area contributed by atoms with Crippen LogP contribution in [0.25, 0.3) is 0 Å². The van der Waals surface area contributed by atoms with Gasteiger partial charge in [-0.1, -0.05) is 42.7 Å². The van der Waals surface area contributed by atoms with E-state index in [0.29, 0.717) is 22.5 Å². The average molecular weight is 442 g/mol. The fourth-order valence-corrected chi connectivity index (χ4v) is 8.73. The summed E-state index contributed by atoms with van der Waals surface area (Å²) >= 11 is 0. The van der Waals surface area contributed by atoms with Crippen LogP contribution in [-0.2, 0) is 14.8 Å². The number of benzene rings is 1. The van der Waals surface area contributed by atoms with Gasteiger partial charge in [0.25, 0.3) is 0 Å². The molecule has 3 fully saturated rings. The minimum Gasteiger partial charge on any atom is -0.300 e. The van der Waals surface area contributed by atoms with Crippen LogP contribution in [0.5, 0.6) is 0 Å². The highest BCUT2D eigenvalue weighted by Crippen LogP contribution is 2.64. The van der Waals surface area contributed by atoms with Gasteiger partial charge in [-0.15, -0.1) is 0 Å². The van der Waals surface area contributed by atoms with Crippen molar-refractivity contribution in [2.24, 2.45) is 22.7 Å². The first-order valence-electron chi connectivity index (χ1n) is 11.9. The van der Waals surface area contributed by atoms with Crippen LogP contribution in [0.15, 0.2) is 40.3 Å². The summed E-state index contributed by atoms with van der Waals surface area (Å²) in [7, 11) is -3.51. The number of ketones is 1. The standard InChI is InChI=1S/C26H35NO3S/c1-17-4-8-21(9-5-17)31(29,30)27-19-15-24-23-10-6-18-14-20(28)7-11-22(18)26(23,3)13-12-25(24,2)16-19/h4-5,8-9,18-19,22,27H,6-7,10-16H2,1-3H3/t18-,19+,22-,25+,26+/m0/s1. The number of carbonyl (C=O) groups excluding carboxylic acids is 1. The average Bonchev–Trinajstić information content (AvgIpc) is 3.03. The molecule has 0 bridgehead atoms. The van der Waals surface area contributed by atoms with E-state index in [-0.39, 0.29) is 16.9 Å². The molecular weight excluding hydrogens is 406 g/mol. The summed E-state index contributed by atoms with van der Waals surface area (Å²) in [6, 6.07) is 7.08. The molecule has 5 atom stereocenters. The van der Waals surface area contributed by atoms with Gasteiger partial charge in [-0.3, -0.25) is 4.79 Å². The van der Waals surface area contributed by atoms with Crippen molar-refractivity contribution < 1.29 is 13.2 Å². The lowest BCUT2D eigenvalue weighted by Crippen LogP contribution is -2.46. The lowest BCUT2D eigenvalue weighted by atomic mass is 9.49. The first-order valence-corrected chi connectivity index (χ1v) is 13.4. The van der Waals surface area contributed by atoms with E-state index in [9.17, 15) is 13.2 Å². The second kappa shape index (κ2) is 7.28. The third-order valence-electron chi connectivity index (χ3n) is 9.16. The van der Waals surface area contributed by atoms with Gasteiger partial charge in [-0.25, -0.2) is 13.1 Å². The molecule has 5 rings (SSSR count). The highest BCUT2D eigenvalue weighted by Gasteiger charge is 2.55. The van der Waals surface area contributed by atoms with E-state index in [4.69, 9.17) is 0 Å². The number of fused-ring (bicyclic) bond motifs is 4. The van der Waals surface area contributed by atoms with E-state index in [2.05, 4.69) is 18.6 Å². The number of sulfonamides is 1. The molecule has 1 aromatic rings. The molecule has 4 aliphatic carbocycles. The van der Waals surface area contributed by atoms with Gasteiger partial charge in [0, 0.05) is 18.9 Å². The smallest absolute Gasteiger partial charge is 0.240 e. The van der Waals surface area contributed by atoms with E-state index < -0.39 is 10.0 Å². The molecule has 5 heteroatoms. The van der Waals surface area contributed by atoms with E-state index in [1.54, 1.807) is 17.7 Å². The molecule has 1 N–H and O–H groups in total. The van der Waals surface area contributed by atoms with Crippen molar-refractivity contribution in [3.63, 3.8) is 0 Å². The molecule has 3 saturated carbocycles. The Morgan fingerprint density at radius 2 is 1.71 bits per heavy atom. The van der Waals surface area contributed by atoms with Gasteiger partial charge in [0.1, 0.15) is 5.78 Å². The molecule has 0 unspecified atom stereocenters. The maximum Gasteiger partial charge on any atom is 0.240 e. The number of nitrogens with one attached hydrogen (secondary N) is 1. The second-order valence-electron chi connectivity index (χ2n) is 11.2. The molecule has 0 amide bonds. The summed E-state index contributed by atoms with van der Waals surface area (Å²) < 4.78 is 29.1. The Kier molecular flexibility index (Phi) is 5.02. The highest BCUT2D eigenvalue weighted by atomic mass is 32.2. The molecule has 0 aliphatic heterocycles. The van der Waals surface area contributed by atoms with Gasteiger partial charge in [0.05, 0.1) is 4.90 Å². The van der Waals surface area contributed by atoms with Crippen molar-refractivity contribution in [3.8, 4) is 0 Å². The van der Waals surface area contributed by atoms with Crippen molar-refractivity contribution >= 4 is 15.8 Å². The SMILES string of the molecule is Cc1ccc(S(=O)(=O)N[C@@H]2CC3=C4CC[C@H]5CC(=O)CC[C@@H]5[C@@]4(C)CC[C@]3(C)C2)cc1. The summed E-state index contributed by atoms with van der Waals surface area (Å²) in [5, 5.41) is 0. The summed E-state index contributed by atoms with van der Waals surface area (Å²) in [5.74, 6) is 1.62. The fraction of sp³-hybridized carbons (Fsp3) is 0.654. The Balaban J connectivity index is 1.42. The summed E-state index contributed by atoms with van der Waals surface area (Å²) in [5.41, 5.74) is 4.52. The maximum atomic E-state index is 13.0. The number of hydrogen-bond acceptors (Lipinski definition) is 3. The Labute approximate surface area is 186 Å². The summed E-state index contributed by atoms with van der Waals surface area (Å²) in [6.45, 7) is 6.77. The van der Waals surface area contributed by atoms with E-state index in [0.717, 1.165) is 56.9 Å². The molecule has 168 valence electrons. The van der Waals surface area contributed by atoms with Gasteiger partial charge in [0.15, 0.2) is 0 Å². The number of carbonyl (C=O) groups is 1. The number of Topliss-reactive ketones (excluding diaryl/α,β-unsaturated/α-hetero) is 1. The Morgan fingerprint density at radius 3 is 2.45 bits per heavy atom. The van der Waals surface area contributed by atoms with Crippen LogP contribution in [0.4, 0.5) is 0 Å². The van der Waals surface area contributed by atoms with Crippen molar-refractivity contribution in [3.05, 3.63) is 41.0 Å². The molecular formula is C26H35NO3S. The van der Waals surface area contributed by atoms with Gasteiger partial charge in [-0.2, -0.15) is 0 Å². The second-order valence-corrected chi connectivity index (χ2v) is 12.9. The van der Waals surface area contributed by atoms with Crippen LogP contribution in [0.1, 0.15) is 77.2 Å². The van der Waals surface area contributed by atoms with Gasteiger partial charge < -0.3 is 0 Å². The van der Waals surface area contributed by atoms with E-state index in [1.165, 1.54) is 12.0 Å². The van der Waals surface area contributed by atoms with Crippen LogP contribution >= 0.6 is 0 Å². The van der Waals surface area contributed by atoms with Gasteiger partial charge >= 0.3 is 0 Å². The van der Waals surface area contributed by atoms with Crippen LogP contribution in [0.2, 0.25) is 0 Å². The normalized spacial score (nSPS) is 37.9. The molecule has 0 spiro atoms. The largest absolute Gasteiger partial charge is 0.300 e. The molecule has 4 nitrogen and oxygen atoms in total. The lowest BCUT2D eigenvalue weighted by Gasteiger charge is -2.55. The van der Waals surface area contributed by atoms with Crippen molar-refractivity contribution in [2.45, 2.75) is 89.5 Å². The van der Waals surface area contributed by atoms with Gasteiger partial charge in [-0.05, 0) is 86.7 Å². The van der Waals surface area contributed by atoms with Crippen molar-refractivity contribution in [2.75, 3.05) is 0 Å². The number of rotatable bonds is 3. The number of hydrogen-bond donors (Lipinski definition) is 1. The molecule has 31 heavy (non-hydrogen) atoms. The minimum atomic E-state index is -3.51. The third kappa shape index (κ3) is 3.52. The first-order chi connectivity index (χ1) is 14.6. The van der Waals surface area contributed by atoms with Crippen molar-refractivity contribution in [1.29, 1.82) is 0 Å².